The zero-order valence-electron chi connectivity index (χ0n) is 26.8. The number of benzene rings is 2. The number of rotatable bonds is 6. The van der Waals surface area contributed by atoms with Crippen LogP contribution in [-0.2, 0) is 20.2 Å². The Kier molecular flexibility index (Phi) is 10.00. The fourth-order valence-corrected chi connectivity index (χ4v) is 7.22. The van der Waals surface area contributed by atoms with Gasteiger partial charge in [0.2, 0.25) is 0 Å². The SMILES string of the molecule is O=C(Nc1ccc(C(=O)N=C2C=CC3CC(S(=O)(=O)O)=CC=C3C2O)cc1)Nc1ccc(C(=O)N=C2C=CC3CC(S(=O)(=O)O)=CC=C3C2O)cc1. The molecule has 2 aromatic rings. The number of amides is 4. The van der Waals surface area contributed by atoms with Crippen molar-refractivity contribution < 1.29 is 50.5 Å². The summed E-state index contributed by atoms with van der Waals surface area (Å²) in [5.41, 5.74) is 2.04. The van der Waals surface area contributed by atoms with Gasteiger partial charge < -0.3 is 20.8 Å². The largest absolute Gasteiger partial charge is 0.382 e. The molecule has 17 heteroatoms. The Morgan fingerprint density at radius 2 is 0.962 bits per heavy atom. The molecule has 6 rings (SSSR count). The van der Waals surface area contributed by atoms with Gasteiger partial charge in [-0.1, -0.05) is 24.3 Å². The molecule has 2 aromatic carbocycles. The van der Waals surface area contributed by atoms with Crippen molar-refractivity contribution in [3.8, 4) is 0 Å². The van der Waals surface area contributed by atoms with E-state index in [1.165, 1.54) is 85.0 Å². The first-order valence-electron chi connectivity index (χ1n) is 15.6. The molecule has 0 aliphatic heterocycles. The van der Waals surface area contributed by atoms with E-state index in [0.29, 0.717) is 22.5 Å². The lowest BCUT2D eigenvalue weighted by Crippen LogP contribution is -2.31. The second-order valence-corrected chi connectivity index (χ2v) is 15.1. The molecule has 4 unspecified atom stereocenters. The van der Waals surface area contributed by atoms with Gasteiger partial charge in [-0.25, -0.2) is 14.8 Å². The molecule has 0 aromatic heterocycles. The molecule has 0 spiro atoms. The number of urea groups is 1. The minimum Gasteiger partial charge on any atom is -0.382 e. The zero-order chi connectivity index (χ0) is 37.4. The molecule has 0 fully saturated rings. The van der Waals surface area contributed by atoms with Crippen LogP contribution in [0.5, 0.6) is 0 Å². The molecule has 0 heterocycles. The average Bonchev–Trinajstić information content (AvgIpc) is 3.10. The summed E-state index contributed by atoms with van der Waals surface area (Å²) in [6.07, 6.45) is 8.70. The average molecular weight is 747 g/mol. The molecule has 4 aliphatic rings. The number of nitrogens with one attached hydrogen (secondary N) is 2. The maximum atomic E-state index is 12.8. The molecule has 4 atom stereocenters. The topological polar surface area (TPSA) is 249 Å². The van der Waals surface area contributed by atoms with Crippen molar-refractivity contribution in [2.24, 2.45) is 21.8 Å². The van der Waals surface area contributed by atoms with Gasteiger partial charge in [-0.05, 0) is 96.8 Å². The summed E-state index contributed by atoms with van der Waals surface area (Å²) >= 11 is 0. The van der Waals surface area contributed by atoms with E-state index in [1.807, 2.05) is 0 Å². The minimum atomic E-state index is -4.36. The number of fused-ring (bicyclic) bond motifs is 2. The highest BCUT2D eigenvalue weighted by Gasteiger charge is 2.33. The van der Waals surface area contributed by atoms with Crippen LogP contribution < -0.4 is 10.6 Å². The molecular formula is C35H30N4O11S2. The number of allylic oxidation sites excluding steroid dienone is 8. The highest BCUT2D eigenvalue weighted by atomic mass is 32.2. The molecule has 0 saturated heterocycles. The predicted octanol–water partition coefficient (Wildman–Crippen LogP) is 3.79. The molecule has 15 nitrogen and oxygen atoms in total. The van der Waals surface area contributed by atoms with Crippen LogP contribution in [0.3, 0.4) is 0 Å². The lowest BCUT2D eigenvalue weighted by molar-refractivity contribution is 0.0993. The van der Waals surface area contributed by atoms with Gasteiger partial charge in [0.15, 0.2) is 0 Å². The van der Waals surface area contributed by atoms with Gasteiger partial charge in [0, 0.05) is 34.3 Å². The van der Waals surface area contributed by atoms with Crippen LogP contribution in [0.15, 0.2) is 128 Å². The smallest absolute Gasteiger partial charge is 0.323 e. The Labute approximate surface area is 297 Å². The Hall–Kier alpha value is -5.43. The van der Waals surface area contributed by atoms with E-state index in [4.69, 9.17) is 0 Å². The number of carbonyl (C=O) groups is 3. The van der Waals surface area contributed by atoms with Crippen LogP contribution in [0.2, 0.25) is 0 Å². The molecule has 0 radical (unpaired) electrons. The number of anilines is 2. The third-order valence-electron chi connectivity index (χ3n) is 8.72. The Bertz CT molecular complexity index is 2170. The highest BCUT2D eigenvalue weighted by Crippen LogP contribution is 2.35. The second-order valence-electron chi connectivity index (χ2n) is 12.1. The van der Waals surface area contributed by atoms with Crippen molar-refractivity contribution in [2.75, 3.05) is 10.6 Å². The van der Waals surface area contributed by atoms with E-state index in [2.05, 4.69) is 20.6 Å². The third kappa shape index (κ3) is 8.04. The van der Waals surface area contributed by atoms with Crippen LogP contribution in [0.1, 0.15) is 33.6 Å². The summed E-state index contributed by atoms with van der Waals surface area (Å²) in [5.74, 6) is -2.27. The van der Waals surface area contributed by atoms with E-state index in [0.717, 1.165) is 0 Å². The molecular weight excluding hydrogens is 717 g/mol. The lowest BCUT2D eigenvalue weighted by Gasteiger charge is -2.28. The summed E-state index contributed by atoms with van der Waals surface area (Å²) < 4.78 is 64.4. The minimum absolute atomic E-state index is 0.0288. The highest BCUT2D eigenvalue weighted by molar-refractivity contribution is 7.90. The fraction of sp³-hybridized carbons (Fsp3) is 0.171. The van der Waals surface area contributed by atoms with Gasteiger partial charge in [-0.3, -0.25) is 18.7 Å². The predicted molar refractivity (Wildman–Crippen MR) is 191 cm³/mol. The molecule has 4 amide bonds. The molecule has 4 aliphatic carbocycles. The van der Waals surface area contributed by atoms with Crippen molar-refractivity contribution in [3.63, 3.8) is 0 Å². The van der Waals surface area contributed by atoms with Crippen molar-refractivity contribution in [1.29, 1.82) is 0 Å². The van der Waals surface area contributed by atoms with Crippen molar-refractivity contribution in [3.05, 3.63) is 129 Å². The monoisotopic (exact) mass is 746 g/mol. The van der Waals surface area contributed by atoms with Gasteiger partial charge in [-0.2, -0.15) is 16.8 Å². The van der Waals surface area contributed by atoms with E-state index in [1.54, 1.807) is 12.2 Å². The number of aliphatic hydroxyl groups excluding tert-OH is 2. The Balaban J connectivity index is 1.03. The molecule has 6 N–H and O–H groups in total. The van der Waals surface area contributed by atoms with Crippen molar-refractivity contribution >= 4 is 60.9 Å². The standard InChI is InChI=1S/C35H30N4O11S2/c40-31-27-13-11-25(51(45,46)47)17-21(27)5-15-29(31)38-33(42)19-1-7-23(8-2-19)36-35(44)37-24-9-3-20(4-10-24)34(43)39-30-16-6-22-18-26(52(48,49)50)12-14-28(22)32(30)41/h1-16,21-22,31-32,40-41H,17-18H2,(H2,36,37,44)(H,45,46,47)(H,48,49,50). The molecule has 0 saturated carbocycles. The fourth-order valence-electron chi connectivity index (χ4n) is 5.96. The van der Waals surface area contributed by atoms with Gasteiger partial charge in [0.1, 0.15) is 12.2 Å². The number of aliphatic hydroxyl groups is 2. The lowest BCUT2D eigenvalue weighted by atomic mass is 9.82. The third-order valence-corrected chi connectivity index (χ3v) is 10.6. The quantitative estimate of drug-likeness (QED) is 0.232. The van der Waals surface area contributed by atoms with Crippen molar-refractivity contribution in [2.45, 2.75) is 25.0 Å². The molecule has 0 bridgehead atoms. The first kappa shape index (κ1) is 36.4. The summed E-state index contributed by atoms with van der Waals surface area (Å²) in [7, 11) is -8.72. The van der Waals surface area contributed by atoms with E-state index in [9.17, 15) is 50.5 Å². The van der Waals surface area contributed by atoms with Gasteiger partial charge in [0.05, 0.1) is 21.2 Å². The second kappa shape index (κ2) is 14.3. The summed E-state index contributed by atoms with van der Waals surface area (Å²) in [5, 5.41) is 26.7. The van der Waals surface area contributed by atoms with E-state index in [-0.39, 0.29) is 45.2 Å². The van der Waals surface area contributed by atoms with Crippen molar-refractivity contribution in [1.82, 2.24) is 0 Å². The van der Waals surface area contributed by atoms with E-state index >= 15 is 0 Å². The van der Waals surface area contributed by atoms with Crippen LogP contribution in [0, 0.1) is 11.8 Å². The zero-order valence-corrected chi connectivity index (χ0v) is 28.5. The number of hydrogen-bond donors (Lipinski definition) is 6. The molecule has 268 valence electrons. The number of nitrogens with zero attached hydrogens (tertiary/aromatic N) is 2. The normalized spacial score (nSPS) is 24.2. The first-order valence-corrected chi connectivity index (χ1v) is 18.5. The maximum absolute atomic E-state index is 12.8. The number of carbonyl (C=O) groups excluding carboxylic acids is 3. The van der Waals surface area contributed by atoms with Crippen LogP contribution in [-0.4, -0.2) is 77.6 Å². The number of aliphatic imine (C=N–C) groups is 2. The first-order chi connectivity index (χ1) is 24.6. The summed E-state index contributed by atoms with van der Waals surface area (Å²) in [4.78, 5) is 45.9. The Morgan fingerprint density at radius 3 is 1.31 bits per heavy atom. The van der Waals surface area contributed by atoms with Gasteiger partial charge in [-0.15, -0.1) is 0 Å². The van der Waals surface area contributed by atoms with E-state index < -0.39 is 62.1 Å². The summed E-state index contributed by atoms with van der Waals surface area (Å²) in [6, 6.07) is 11.0. The Morgan fingerprint density at radius 1 is 0.596 bits per heavy atom. The van der Waals surface area contributed by atoms with Gasteiger partial charge in [0.25, 0.3) is 32.1 Å². The van der Waals surface area contributed by atoms with Crippen LogP contribution >= 0.6 is 0 Å². The van der Waals surface area contributed by atoms with Gasteiger partial charge >= 0.3 is 6.03 Å². The molecule has 52 heavy (non-hydrogen) atoms. The maximum Gasteiger partial charge on any atom is 0.323 e. The van der Waals surface area contributed by atoms with Crippen LogP contribution in [0.4, 0.5) is 16.2 Å². The van der Waals surface area contributed by atoms with Crippen LogP contribution in [0.25, 0.3) is 0 Å². The number of hydrogen-bond acceptors (Lipinski definition) is 9. The summed E-state index contributed by atoms with van der Waals surface area (Å²) in [6.45, 7) is 0.